The Labute approximate surface area is 212 Å². The molecule has 0 spiro atoms. The molecular weight excluding hydrogens is 484 g/mol. The first-order valence-electron chi connectivity index (χ1n) is 11.8. The van der Waals surface area contributed by atoms with Crippen LogP contribution in [0, 0.1) is 17.6 Å². The quantitative estimate of drug-likeness (QED) is 0.249. The van der Waals surface area contributed by atoms with Gasteiger partial charge in [0.1, 0.15) is 23.4 Å². The molecule has 196 valence electrons. The van der Waals surface area contributed by atoms with Crippen molar-refractivity contribution >= 4 is 17.6 Å². The van der Waals surface area contributed by atoms with Gasteiger partial charge in [0.15, 0.2) is 11.6 Å². The molecule has 0 aliphatic rings. The standard InChI is InChI=1S/C27H29F2N3O5/c1-16(2)14-22(27(35)36)31-12-3-13-37-19-8-10-23(21(29)15-19)32-24(33)11-9-20(26(32)30)25(34)17-4-6-18(28)7-5-17/h4-11,15-16,22,31H,3,12-14,30H2,1-2H3,(H,35,36)/t22-/m0/s1. The summed E-state index contributed by atoms with van der Waals surface area (Å²) in [5.74, 6) is -2.57. The zero-order valence-electron chi connectivity index (χ0n) is 20.5. The van der Waals surface area contributed by atoms with Crippen LogP contribution in [0.3, 0.4) is 0 Å². The molecule has 1 atom stereocenters. The molecule has 3 rings (SSSR count). The van der Waals surface area contributed by atoms with Crippen molar-refractivity contribution in [1.82, 2.24) is 9.88 Å². The zero-order valence-corrected chi connectivity index (χ0v) is 20.5. The molecule has 8 nitrogen and oxygen atoms in total. The molecule has 0 unspecified atom stereocenters. The van der Waals surface area contributed by atoms with E-state index in [1.165, 1.54) is 30.3 Å². The number of carbonyl (C=O) groups excluding carboxylic acids is 1. The van der Waals surface area contributed by atoms with Crippen LogP contribution in [0.2, 0.25) is 0 Å². The molecule has 0 saturated heterocycles. The largest absolute Gasteiger partial charge is 0.493 e. The summed E-state index contributed by atoms with van der Waals surface area (Å²) in [6, 6.07) is 10.4. The van der Waals surface area contributed by atoms with Crippen LogP contribution in [0.15, 0.2) is 59.4 Å². The average molecular weight is 514 g/mol. The molecule has 2 aromatic carbocycles. The predicted molar refractivity (Wildman–Crippen MR) is 135 cm³/mol. The number of carbonyl (C=O) groups is 2. The highest BCUT2D eigenvalue weighted by atomic mass is 19.1. The second-order valence-electron chi connectivity index (χ2n) is 8.93. The summed E-state index contributed by atoms with van der Waals surface area (Å²) in [6.45, 7) is 4.51. The fourth-order valence-corrected chi connectivity index (χ4v) is 3.79. The number of nitrogens with two attached hydrogens (primary N) is 1. The first kappa shape index (κ1) is 27.5. The summed E-state index contributed by atoms with van der Waals surface area (Å²) in [7, 11) is 0. The van der Waals surface area contributed by atoms with Crippen molar-refractivity contribution in [2.75, 3.05) is 18.9 Å². The highest BCUT2D eigenvalue weighted by Crippen LogP contribution is 2.24. The summed E-state index contributed by atoms with van der Waals surface area (Å²) in [4.78, 5) is 36.7. The van der Waals surface area contributed by atoms with Crippen LogP contribution in [-0.4, -0.2) is 40.6 Å². The lowest BCUT2D eigenvalue weighted by Crippen LogP contribution is -2.38. The SMILES string of the molecule is CC(C)C[C@H](NCCCOc1ccc(-n2c(N)c(C(=O)c3ccc(F)cc3)ccc2=O)c(F)c1)C(=O)O. The van der Waals surface area contributed by atoms with Gasteiger partial charge in [-0.25, -0.2) is 8.78 Å². The third-order valence-electron chi connectivity index (χ3n) is 5.63. The number of aliphatic carboxylic acids is 1. The minimum Gasteiger partial charge on any atom is -0.493 e. The molecule has 0 radical (unpaired) electrons. The molecule has 0 aliphatic carbocycles. The number of carboxylic acids is 1. The number of carboxylic acid groups (broad SMARTS) is 1. The Kier molecular flexibility index (Phi) is 9.13. The summed E-state index contributed by atoms with van der Waals surface area (Å²) >= 11 is 0. The molecule has 0 bridgehead atoms. The second kappa shape index (κ2) is 12.3. The van der Waals surface area contributed by atoms with Crippen LogP contribution in [0.25, 0.3) is 5.69 Å². The second-order valence-corrected chi connectivity index (χ2v) is 8.93. The van der Waals surface area contributed by atoms with Crippen molar-refractivity contribution in [2.45, 2.75) is 32.7 Å². The molecular formula is C27H29F2N3O5. The number of pyridine rings is 1. The van der Waals surface area contributed by atoms with Gasteiger partial charge in [0, 0.05) is 17.7 Å². The van der Waals surface area contributed by atoms with E-state index in [0.29, 0.717) is 19.4 Å². The van der Waals surface area contributed by atoms with Crippen molar-refractivity contribution in [3.8, 4) is 11.4 Å². The highest BCUT2D eigenvalue weighted by Gasteiger charge is 2.20. The van der Waals surface area contributed by atoms with Crippen LogP contribution in [0.5, 0.6) is 5.75 Å². The number of aromatic nitrogens is 1. The van der Waals surface area contributed by atoms with Crippen LogP contribution in [0.1, 0.15) is 42.6 Å². The fourth-order valence-electron chi connectivity index (χ4n) is 3.79. The molecule has 3 aromatic rings. The van der Waals surface area contributed by atoms with Crippen molar-refractivity contribution in [3.05, 3.63) is 87.7 Å². The maximum Gasteiger partial charge on any atom is 0.320 e. The number of nitrogens with one attached hydrogen (secondary N) is 1. The van der Waals surface area contributed by atoms with Crippen molar-refractivity contribution in [1.29, 1.82) is 0 Å². The van der Waals surface area contributed by atoms with E-state index in [9.17, 15) is 28.3 Å². The van der Waals surface area contributed by atoms with Gasteiger partial charge in [0.25, 0.3) is 5.56 Å². The Morgan fingerprint density at radius 3 is 2.41 bits per heavy atom. The monoisotopic (exact) mass is 513 g/mol. The van der Waals surface area contributed by atoms with Crippen LogP contribution in [0.4, 0.5) is 14.6 Å². The molecule has 1 heterocycles. The minimum absolute atomic E-state index is 0.0319. The molecule has 4 N–H and O–H groups in total. The maximum absolute atomic E-state index is 15.0. The first-order chi connectivity index (χ1) is 17.6. The minimum atomic E-state index is -0.912. The number of hydrogen-bond donors (Lipinski definition) is 3. The predicted octanol–water partition coefficient (Wildman–Crippen LogP) is 3.79. The number of benzene rings is 2. The average Bonchev–Trinajstić information content (AvgIpc) is 2.84. The van der Waals surface area contributed by atoms with Crippen LogP contribution >= 0.6 is 0 Å². The van der Waals surface area contributed by atoms with E-state index in [4.69, 9.17) is 10.5 Å². The number of hydrogen-bond acceptors (Lipinski definition) is 6. The lowest BCUT2D eigenvalue weighted by molar-refractivity contribution is -0.139. The molecule has 0 fully saturated rings. The third kappa shape index (κ3) is 7.01. The summed E-state index contributed by atoms with van der Waals surface area (Å²) in [6.07, 6.45) is 0.993. The number of anilines is 1. The number of nitrogen functional groups attached to an aromatic ring is 1. The topological polar surface area (TPSA) is 124 Å². The lowest BCUT2D eigenvalue weighted by Gasteiger charge is -2.17. The number of rotatable bonds is 12. The van der Waals surface area contributed by atoms with Gasteiger partial charge in [0.2, 0.25) is 0 Å². The Morgan fingerprint density at radius 2 is 1.78 bits per heavy atom. The van der Waals surface area contributed by atoms with E-state index in [2.05, 4.69) is 5.32 Å². The van der Waals surface area contributed by atoms with Gasteiger partial charge in [-0.1, -0.05) is 13.8 Å². The summed E-state index contributed by atoms with van der Waals surface area (Å²) in [5.41, 5.74) is 5.43. The van der Waals surface area contributed by atoms with E-state index in [1.807, 2.05) is 13.8 Å². The molecule has 10 heteroatoms. The van der Waals surface area contributed by atoms with Crippen LogP contribution in [-0.2, 0) is 4.79 Å². The summed E-state index contributed by atoms with van der Waals surface area (Å²) in [5, 5.41) is 12.2. The summed E-state index contributed by atoms with van der Waals surface area (Å²) < 4.78 is 34.6. The third-order valence-corrected chi connectivity index (χ3v) is 5.63. The number of ether oxygens (including phenoxy) is 1. The van der Waals surface area contributed by atoms with Crippen molar-refractivity contribution in [2.24, 2.45) is 5.92 Å². The fraction of sp³-hybridized carbons (Fsp3) is 0.296. The highest BCUT2D eigenvalue weighted by molar-refractivity contribution is 6.11. The molecule has 0 aliphatic heterocycles. The molecule has 0 saturated carbocycles. The molecule has 0 amide bonds. The molecule has 1 aromatic heterocycles. The van der Waals surface area contributed by atoms with Gasteiger partial charge in [-0.05, 0) is 67.8 Å². The normalized spacial score (nSPS) is 11.9. The lowest BCUT2D eigenvalue weighted by atomic mass is 10.0. The van der Waals surface area contributed by atoms with Crippen LogP contribution < -0.4 is 21.3 Å². The van der Waals surface area contributed by atoms with E-state index in [1.54, 1.807) is 0 Å². The van der Waals surface area contributed by atoms with E-state index in [-0.39, 0.29) is 40.9 Å². The maximum atomic E-state index is 15.0. The molecule has 37 heavy (non-hydrogen) atoms. The number of ketones is 1. The number of halogens is 2. The van der Waals surface area contributed by atoms with Gasteiger partial charge >= 0.3 is 5.97 Å². The van der Waals surface area contributed by atoms with Crippen molar-refractivity contribution in [3.63, 3.8) is 0 Å². The Hall–Kier alpha value is -4.05. The first-order valence-corrected chi connectivity index (χ1v) is 11.8. The van der Waals surface area contributed by atoms with Gasteiger partial charge < -0.3 is 20.9 Å². The van der Waals surface area contributed by atoms with Gasteiger partial charge in [-0.2, -0.15) is 0 Å². The Balaban J connectivity index is 1.70. The van der Waals surface area contributed by atoms with Gasteiger partial charge in [-0.3, -0.25) is 19.0 Å². The van der Waals surface area contributed by atoms with E-state index < -0.39 is 35.0 Å². The zero-order chi connectivity index (χ0) is 27.1. The van der Waals surface area contributed by atoms with E-state index in [0.717, 1.165) is 28.8 Å². The van der Waals surface area contributed by atoms with Gasteiger partial charge in [0.05, 0.1) is 17.9 Å². The van der Waals surface area contributed by atoms with E-state index >= 15 is 0 Å². The van der Waals surface area contributed by atoms with Crippen molar-refractivity contribution < 1.29 is 28.2 Å². The smallest absolute Gasteiger partial charge is 0.320 e. The Morgan fingerprint density at radius 1 is 1.08 bits per heavy atom. The Bertz CT molecular complexity index is 1320. The number of nitrogens with zero attached hydrogens (tertiary/aromatic N) is 1. The van der Waals surface area contributed by atoms with Gasteiger partial charge in [-0.15, -0.1) is 0 Å².